The van der Waals surface area contributed by atoms with E-state index in [1.165, 1.54) is 4.88 Å². The number of hydrogen-bond acceptors (Lipinski definition) is 3. The number of rotatable bonds is 7. The van der Waals surface area contributed by atoms with Crippen LogP contribution in [-0.2, 0) is 11.3 Å². The van der Waals surface area contributed by atoms with Crippen LogP contribution in [0.3, 0.4) is 0 Å². The molecule has 1 N–H and O–H groups in total. The highest BCUT2D eigenvalue weighted by molar-refractivity contribution is 7.09. The van der Waals surface area contributed by atoms with Gasteiger partial charge in [0.1, 0.15) is 0 Å². The fourth-order valence-electron chi connectivity index (χ4n) is 1.56. The highest BCUT2D eigenvalue weighted by Crippen LogP contribution is 2.11. The molecule has 0 radical (unpaired) electrons. The highest BCUT2D eigenvalue weighted by atomic mass is 32.1. The first-order valence-electron chi connectivity index (χ1n) is 5.48. The van der Waals surface area contributed by atoms with E-state index in [1.807, 2.05) is 0 Å². The fraction of sp³-hybridized carbons (Fsp3) is 0.667. The summed E-state index contributed by atoms with van der Waals surface area (Å²) in [6, 6.07) is 4.82. The molecule has 15 heavy (non-hydrogen) atoms. The molecule has 3 heteroatoms. The molecule has 0 spiro atoms. The lowest BCUT2D eigenvalue weighted by Crippen LogP contribution is -2.34. The van der Waals surface area contributed by atoms with Crippen molar-refractivity contribution in [2.24, 2.45) is 5.92 Å². The van der Waals surface area contributed by atoms with E-state index in [1.54, 1.807) is 18.4 Å². The van der Waals surface area contributed by atoms with E-state index >= 15 is 0 Å². The van der Waals surface area contributed by atoms with Gasteiger partial charge in [0.15, 0.2) is 0 Å². The normalized spacial score (nSPS) is 13.3. The Labute approximate surface area is 96.7 Å². The largest absolute Gasteiger partial charge is 0.385 e. The number of nitrogens with one attached hydrogen (secondary N) is 1. The van der Waals surface area contributed by atoms with Crippen molar-refractivity contribution < 1.29 is 4.74 Å². The molecule has 86 valence electrons. The second-order valence-electron chi connectivity index (χ2n) is 4.09. The molecular formula is C12H21NOS. The first-order chi connectivity index (χ1) is 7.24. The van der Waals surface area contributed by atoms with Crippen molar-refractivity contribution in [3.63, 3.8) is 0 Å². The van der Waals surface area contributed by atoms with Gasteiger partial charge in [0.05, 0.1) is 0 Å². The van der Waals surface area contributed by atoms with Gasteiger partial charge < -0.3 is 10.1 Å². The lowest BCUT2D eigenvalue weighted by Gasteiger charge is -2.21. The third-order valence-corrected chi connectivity index (χ3v) is 3.43. The second kappa shape index (κ2) is 6.99. The van der Waals surface area contributed by atoms with Gasteiger partial charge in [0.25, 0.3) is 0 Å². The van der Waals surface area contributed by atoms with Gasteiger partial charge in [-0.1, -0.05) is 19.9 Å². The Hall–Kier alpha value is -0.380. The maximum absolute atomic E-state index is 5.12. The molecule has 1 atom stereocenters. The Bertz CT molecular complexity index is 246. The third kappa shape index (κ3) is 4.78. The van der Waals surface area contributed by atoms with Gasteiger partial charge in [0, 0.05) is 31.2 Å². The SMILES string of the molecule is COCCC(NCc1cccs1)C(C)C. The van der Waals surface area contributed by atoms with Gasteiger partial charge in [0.2, 0.25) is 0 Å². The van der Waals surface area contributed by atoms with Crippen LogP contribution >= 0.6 is 11.3 Å². The summed E-state index contributed by atoms with van der Waals surface area (Å²) in [7, 11) is 1.76. The summed E-state index contributed by atoms with van der Waals surface area (Å²) in [5.41, 5.74) is 0. The van der Waals surface area contributed by atoms with E-state index in [4.69, 9.17) is 4.74 Å². The predicted molar refractivity (Wildman–Crippen MR) is 66.3 cm³/mol. The monoisotopic (exact) mass is 227 g/mol. The Balaban J connectivity index is 2.31. The number of hydrogen-bond donors (Lipinski definition) is 1. The summed E-state index contributed by atoms with van der Waals surface area (Å²) >= 11 is 1.81. The summed E-state index contributed by atoms with van der Waals surface area (Å²) in [5, 5.41) is 5.71. The highest BCUT2D eigenvalue weighted by Gasteiger charge is 2.12. The lowest BCUT2D eigenvalue weighted by atomic mass is 10.0. The van der Waals surface area contributed by atoms with Crippen molar-refractivity contribution in [1.82, 2.24) is 5.32 Å². The van der Waals surface area contributed by atoms with Crippen molar-refractivity contribution in [1.29, 1.82) is 0 Å². The second-order valence-corrected chi connectivity index (χ2v) is 5.12. The van der Waals surface area contributed by atoms with E-state index in [0.29, 0.717) is 12.0 Å². The lowest BCUT2D eigenvalue weighted by molar-refractivity contribution is 0.173. The van der Waals surface area contributed by atoms with Crippen molar-refractivity contribution in [2.75, 3.05) is 13.7 Å². The molecule has 0 saturated carbocycles. The summed E-state index contributed by atoms with van der Waals surface area (Å²) < 4.78 is 5.12. The van der Waals surface area contributed by atoms with Crippen LogP contribution in [0.5, 0.6) is 0 Å². The summed E-state index contributed by atoms with van der Waals surface area (Å²) in [6.07, 6.45) is 1.08. The molecule has 0 bridgehead atoms. The third-order valence-electron chi connectivity index (χ3n) is 2.56. The minimum Gasteiger partial charge on any atom is -0.385 e. The van der Waals surface area contributed by atoms with Crippen LogP contribution < -0.4 is 5.32 Å². The van der Waals surface area contributed by atoms with Gasteiger partial charge >= 0.3 is 0 Å². The molecule has 0 aliphatic heterocycles. The fourth-order valence-corrected chi connectivity index (χ4v) is 2.22. The van der Waals surface area contributed by atoms with E-state index < -0.39 is 0 Å². The summed E-state index contributed by atoms with van der Waals surface area (Å²) in [6.45, 7) is 6.31. The van der Waals surface area contributed by atoms with Crippen LogP contribution in [0.25, 0.3) is 0 Å². The van der Waals surface area contributed by atoms with Crippen LogP contribution in [0.4, 0.5) is 0 Å². The van der Waals surface area contributed by atoms with E-state index in [-0.39, 0.29) is 0 Å². The molecule has 0 amide bonds. The molecule has 1 aromatic heterocycles. The average Bonchev–Trinajstić information content (AvgIpc) is 2.70. The van der Waals surface area contributed by atoms with Crippen molar-refractivity contribution >= 4 is 11.3 Å². The van der Waals surface area contributed by atoms with Gasteiger partial charge in [-0.15, -0.1) is 11.3 Å². The van der Waals surface area contributed by atoms with Gasteiger partial charge in [-0.25, -0.2) is 0 Å². The van der Waals surface area contributed by atoms with Gasteiger partial charge in [-0.2, -0.15) is 0 Å². The first kappa shape index (κ1) is 12.7. The number of methoxy groups -OCH3 is 1. The zero-order valence-electron chi connectivity index (χ0n) is 9.82. The summed E-state index contributed by atoms with van der Waals surface area (Å²) in [4.78, 5) is 1.40. The van der Waals surface area contributed by atoms with Crippen LogP contribution in [0, 0.1) is 5.92 Å². The maximum Gasteiger partial charge on any atom is 0.0477 e. The molecule has 0 fully saturated rings. The molecule has 1 aromatic rings. The molecule has 0 aliphatic carbocycles. The molecule has 1 unspecified atom stereocenters. The van der Waals surface area contributed by atoms with Crippen molar-refractivity contribution in [3.8, 4) is 0 Å². The van der Waals surface area contributed by atoms with Crippen molar-refractivity contribution in [2.45, 2.75) is 32.9 Å². The Morgan fingerprint density at radius 1 is 1.47 bits per heavy atom. The minimum atomic E-state index is 0.548. The van der Waals surface area contributed by atoms with Crippen LogP contribution in [-0.4, -0.2) is 19.8 Å². The minimum absolute atomic E-state index is 0.548. The number of thiophene rings is 1. The number of ether oxygens (including phenoxy) is 1. The quantitative estimate of drug-likeness (QED) is 0.773. The average molecular weight is 227 g/mol. The zero-order chi connectivity index (χ0) is 11.1. The molecule has 0 aliphatic rings. The van der Waals surface area contributed by atoms with E-state index in [9.17, 15) is 0 Å². The van der Waals surface area contributed by atoms with E-state index in [2.05, 4.69) is 36.7 Å². The standard InChI is InChI=1S/C12H21NOS/c1-10(2)12(6-7-14-3)13-9-11-5-4-8-15-11/h4-5,8,10,12-13H,6-7,9H2,1-3H3. The molecular weight excluding hydrogens is 206 g/mol. The Kier molecular flexibility index (Phi) is 5.91. The topological polar surface area (TPSA) is 21.3 Å². The van der Waals surface area contributed by atoms with Gasteiger partial charge in [-0.3, -0.25) is 0 Å². The first-order valence-corrected chi connectivity index (χ1v) is 6.36. The van der Waals surface area contributed by atoms with E-state index in [0.717, 1.165) is 19.6 Å². The van der Waals surface area contributed by atoms with Crippen LogP contribution in [0.15, 0.2) is 17.5 Å². The Morgan fingerprint density at radius 2 is 2.27 bits per heavy atom. The van der Waals surface area contributed by atoms with Crippen molar-refractivity contribution in [3.05, 3.63) is 22.4 Å². The summed E-state index contributed by atoms with van der Waals surface area (Å²) in [5.74, 6) is 0.653. The molecule has 1 heterocycles. The van der Waals surface area contributed by atoms with Gasteiger partial charge in [-0.05, 0) is 23.8 Å². The van der Waals surface area contributed by atoms with Crippen LogP contribution in [0.1, 0.15) is 25.1 Å². The Morgan fingerprint density at radius 3 is 2.80 bits per heavy atom. The molecule has 0 saturated heterocycles. The molecule has 0 aromatic carbocycles. The smallest absolute Gasteiger partial charge is 0.0477 e. The zero-order valence-corrected chi connectivity index (χ0v) is 10.6. The predicted octanol–water partition coefficient (Wildman–Crippen LogP) is 2.90. The van der Waals surface area contributed by atoms with Crippen LogP contribution in [0.2, 0.25) is 0 Å². The molecule has 2 nitrogen and oxygen atoms in total. The molecule has 1 rings (SSSR count). The maximum atomic E-state index is 5.12.